The van der Waals surface area contributed by atoms with Crippen molar-refractivity contribution in [2.75, 3.05) is 4.72 Å². The van der Waals surface area contributed by atoms with Crippen LogP contribution >= 0.6 is 11.6 Å². The van der Waals surface area contributed by atoms with E-state index < -0.39 is 10.0 Å². The van der Waals surface area contributed by atoms with E-state index in [2.05, 4.69) is 14.7 Å². The van der Waals surface area contributed by atoms with Gasteiger partial charge >= 0.3 is 0 Å². The Morgan fingerprint density at radius 1 is 1.17 bits per heavy atom. The van der Waals surface area contributed by atoms with E-state index in [0.717, 1.165) is 0 Å². The van der Waals surface area contributed by atoms with Crippen molar-refractivity contribution in [1.82, 2.24) is 9.97 Å². The van der Waals surface area contributed by atoms with Crippen LogP contribution in [0.4, 0.5) is 5.95 Å². The molecule has 18 heavy (non-hydrogen) atoms. The van der Waals surface area contributed by atoms with Gasteiger partial charge in [-0.25, -0.2) is 18.4 Å². The number of hydrogen-bond donors (Lipinski definition) is 1. The molecule has 1 aromatic carbocycles. The Labute approximate surface area is 110 Å². The smallest absolute Gasteiger partial charge is 0.239 e. The maximum atomic E-state index is 11.8. The number of sulfonamides is 1. The molecule has 0 atom stereocenters. The van der Waals surface area contributed by atoms with Gasteiger partial charge in [0.2, 0.25) is 16.0 Å². The number of hydrogen-bond acceptors (Lipinski definition) is 4. The molecule has 5 nitrogen and oxygen atoms in total. The van der Waals surface area contributed by atoms with E-state index in [4.69, 9.17) is 11.6 Å². The number of aromatic nitrogens is 2. The Bertz CT molecular complexity index is 632. The molecule has 1 N–H and O–H groups in total. The minimum Gasteiger partial charge on any atom is -0.251 e. The summed E-state index contributed by atoms with van der Waals surface area (Å²) in [5, 5.41) is 0.183. The highest BCUT2D eigenvalue weighted by molar-refractivity contribution is 7.91. The molecule has 0 bridgehead atoms. The second kappa shape index (κ2) is 5.32. The zero-order valence-corrected chi connectivity index (χ0v) is 10.8. The predicted octanol–water partition coefficient (Wildman–Crippen LogP) is 2.07. The SMILES string of the molecule is O=S(=O)(Cc1ccccc1)Nc1nccc(Cl)n1. The fourth-order valence-electron chi connectivity index (χ4n) is 1.35. The van der Waals surface area contributed by atoms with Crippen LogP contribution in [-0.2, 0) is 15.8 Å². The third-order valence-corrected chi connectivity index (χ3v) is 3.49. The van der Waals surface area contributed by atoms with Gasteiger partial charge in [0.25, 0.3) is 0 Å². The fourth-order valence-corrected chi connectivity index (χ4v) is 2.57. The number of benzene rings is 1. The van der Waals surface area contributed by atoms with Crippen molar-refractivity contribution in [3.8, 4) is 0 Å². The maximum absolute atomic E-state index is 11.8. The predicted molar refractivity (Wildman–Crippen MR) is 69.7 cm³/mol. The van der Waals surface area contributed by atoms with E-state index in [0.29, 0.717) is 5.56 Å². The molecule has 1 aromatic heterocycles. The summed E-state index contributed by atoms with van der Waals surface area (Å²) < 4.78 is 26.0. The molecule has 94 valence electrons. The Kier molecular flexibility index (Phi) is 3.78. The molecule has 0 fully saturated rings. The van der Waals surface area contributed by atoms with Gasteiger partial charge < -0.3 is 0 Å². The van der Waals surface area contributed by atoms with Crippen LogP contribution in [0.15, 0.2) is 42.6 Å². The second-order valence-electron chi connectivity index (χ2n) is 3.55. The third-order valence-electron chi connectivity index (χ3n) is 2.07. The van der Waals surface area contributed by atoms with E-state index in [-0.39, 0.29) is 16.9 Å². The van der Waals surface area contributed by atoms with Crippen LogP contribution in [0.25, 0.3) is 0 Å². The van der Waals surface area contributed by atoms with Crippen molar-refractivity contribution in [2.24, 2.45) is 0 Å². The van der Waals surface area contributed by atoms with Crippen molar-refractivity contribution in [3.63, 3.8) is 0 Å². The minimum absolute atomic E-state index is 0.0292. The van der Waals surface area contributed by atoms with Gasteiger partial charge in [0, 0.05) is 6.20 Å². The lowest BCUT2D eigenvalue weighted by Gasteiger charge is -2.06. The number of rotatable bonds is 4. The highest BCUT2D eigenvalue weighted by Crippen LogP contribution is 2.10. The lowest BCUT2D eigenvalue weighted by atomic mass is 10.2. The summed E-state index contributed by atoms with van der Waals surface area (Å²) >= 11 is 5.65. The van der Waals surface area contributed by atoms with Gasteiger partial charge in [-0.05, 0) is 11.6 Å². The largest absolute Gasteiger partial charge is 0.251 e. The van der Waals surface area contributed by atoms with Crippen molar-refractivity contribution in [1.29, 1.82) is 0 Å². The first kappa shape index (κ1) is 12.8. The zero-order chi connectivity index (χ0) is 13.0. The first-order valence-corrected chi connectivity index (χ1v) is 7.11. The molecule has 0 spiro atoms. The van der Waals surface area contributed by atoms with Crippen LogP contribution in [0.1, 0.15) is 5.56 Å². The Balaban J connectivity index is 2.13. The van der Waals surface area contributed by atoms with Crippen molar-refractivity contribution >= 4 is 27.6 Å². The number of halogens is 1. The molecule has 0 aliphatic rings. The molecule has 2 aromatic rings. The van der Waals surface area contributed by atoms with Crippen molar-refractivity contribution in [2.45, 2.75) is 5.75 Å². The zero-order valence-electron chi connectivity index (χ0n) is 9.25. The summed E-state index contributed by atoms with van der Waals surface area (Å²) in [6.07, 6.45) is 1.38. The van der Waals surface area contributed by atoms with Crippen LogP contribution in [0.5, 0.6) is 0 Å². The summed E-state index contributed by atoms with van der Waals surface area (Å²) in [5.41, 5.74) is 0.687. The Hall–Kier alpha value is -1.66. The summed E-state index contributed by atoms with van der Waals surface area (Å²) in [7, 11) is -3.54. The van der Waals surface area contributed by atoms with Crippen LogP contribution in [0, 0.1) is 0 Å². The van der Waals surface area contributed by atoms with Gasteiger partial charge in [-0.2, -0.15) is 0 Å². The summed E-state index contributed by atoms with van der Waals surface area (Å²) in [5.74, 6) is -0.164. The molecule has 0 saturated heterocycles. The number of anilines is 1. The lowest BCUT2D eigenvalue weighted by Crippen LogP contribution is -2.16. The number of nitrogens with one attached hydrogen (secondary N) is 1. The minimum atomic E-state index is -3.54. The molecule has 0 aliphatic carbocycles. The van der Waals surface area contributed by atoms with E-state index >= 15 is 0 Å². The van der Waals surface area contributed by atoms with Crippen LogP contribution in [0.3, 0.4) is 0 Å². The standard InChI is InChI=1S/C11H10ClN3O2S/c12-10-6-7-13-11(14-10)15-18(16,17)8-9-4-2-1-3-5-9/h1-7H,8H2,(H,13,14,15). The van der Waals surface area contributed by atoms with Gasteiger partial charge in [-0.15, -0.1) is 0 Å². The molecule has 2 rings (SSSR count). The average molecular weight is 284 g/mol. The highest BCUT2D eigenvalue weighted by Gasteiger charge is 2.13. The van der Waals surface area contributed by atoms with Crippen molar-refractivity contribution in [3.05, 3.63) is 53.3 Å². The molecule has 0 amide bonds. The third kappa shape index (κ3) is 3.68. The lowest BCUT2D eigenvalue weighted by molar-refractivity contribution is 0.600. The second-order valence-corrected chi connectivity index (χ2v) is 5.66. The molecule has 0 radical (unpaired) electrons. The van der Waals surface area contributed by atoms with Crippen LogP contribution in [0.2, 0.25) is 5.15 Å². The van der Waals surface area contributed by atoms with Gasteiger partial charge in [-0.1, -0.05) is 41.9 Å². The molecule has 0 aliphatic heterocycles. The normalized spacial score (nSPS) is 11.2. The van der Waals surface area contributed by atoms with E-state index in [9.17, 15) is 8.42 Å². The summed E-state index contributed by atoms with van der Waals surface area (Å²) in [6.45, 7) is 0. The van der Waals surface area contributed by atoms with Gasteiger partial charge in [0.15, 0.2) is 0 Å². The maximum Gasteiger partial charge on any atom is 0.239 e. The first-order chi connectivity index (χ1) is 8.55. The first-order valence-electron chi connectivity index (χ1n) is 5.08. The molecule has 0 unspecified atom stereocenters. The summed E-state index contributed by atoms with van der Waals surface area (Å²) in [6, 6.07) is 10.3. The molecule has 0 saturated carbocycles. The topological polar surface area (TPSA) is 72.0 Å². The Morgan fingerprint density at radius 3 is 2.56 bits per heavy atom. The van der Waals surface area contributed by atoms with E-state index in [1.807, 2.05) is 6.07 Å². The highest BCUT2D eigenvalue weighted by atomic mass is 35.5. The fraction of sp³-hybridized carbons (Fsp3) is 0.0909. The molecule has 1 heterocycles. The number of nitrogens with zero attached hydrogens (tertiary/aromatic N) is 2. The van der Waals surface area contributed by atoms with Gasteiger partial charge in [-0.3, -0.25) is 4.72 Å². The van der Waals surface area contributed by atoms with Gasteiger partial charge in [0.05, 0.1) is 5.75 Å². The monoisotopic (exact) mass is 283 g/mol. The quantitative estimate of drug-likeness (QED) is 0.872. The van der Waals surface area contributed by atoms with Gasteiger partial charge in [0.1, 0.15) is 5.15 Å². The van der Waals surface area contributed by atoms with E-state index in [1.54, 1.807) is 24.3 Å². The van der Waals surface area contributed by atoms with Crippen LogP contribution < -0.4 is 4.72 Å². The van der Waals surface area contributed by atoms with E-state index in [1.165, 1.54) is 12.3 Å². The summed E-state index contributed by atoms with van der Waals surface area (Å²) in [4.78, 5) is 7.54. The average Bonchev–Trinajstić information content (AvgIpc) is 2.28. The van der Waals surface area contributed by atoms with Crippen molar-refractivity contribution < 1.29 is 8.42 Å². The molecular weight excluding hydrogens is 274 g/mol. The molecule has 7 heteroatoms. The van der Waals surface area contributed by atoms with Crippen LogP contribution in [-0.4, -0.2) is 18.4 Å². The Morgan fingerprint density at radius 2 is 1.89 bits per heavy atom. The molecular formula is C11H10ClN3O2S.